The van der Waals surface area contributed by atoms with Crippen LogP contribution in [0.25, 0.3) is 11.3 Å². The summed E-state index contributed by atoms with van der Waals surface area (Å²) in [4.78, 5) is 48.8. The zero-order valence-corrected chi connectivity index (χ0v) is 34.0. The van der Waals surface area contributed by atoms with E-state index in [9.17, 15) is 18.6 Å². The summed E-state index contributed by atoms with van der Waals surface area (Å²) in [6.45, 7) is 15.4. The maximum Gasteiger partial charge on any atom is 0.410 e. The van der Waals surface area contributed by atoms with Crippen molar-refractivity contribution in [2.24, 2.45) is 0 Å². The summed E-state index contributed by atoms with van der Waals surface area (Å²) in [6, 6.07) is 11.6. The number of para-hydroxylation sites is 1. The lowest BCUT2D eigenvalue weighted by Crippen LogP contribution is -2.34. The number of hydrogen-bond donors (Lipinski definition) is 4. The lowest BCUT2D eigenvalue weighted by molar-refractivity contribution is -0.153. The van der Waals surface area contributed by atoms with Gasteiger partial charge >= 0.3 is 12.1 Å². The van der Waals surface area contributed by atoms with Crippen molar-refractivity contribution in [3.05, 3.63) is 59.9 Å². The van der Waals surface area contributed by atoms with E-state index in [1.165, 1.54) is 11.1 Å². The minimum absolute atomic E-state index is 0.0816. The quantitative estimate of drug-likeness (QED) is 0.102. The zero-order chi connectivity index (χ0) is 41.2. The normalized spacial score (nSPS) is 11.8. The van der Waals surface area contributed by atoms with Gasteiger partial charge in [0.25, 0.3) is 5.91 Å². The first-order chi connectivity index (χ1) is 26.0. The Hall–Kier alpha value is -4.68. The highest BCUT2D eigenvalue weighted by molar-refractivity contribution is 7.83. The maximum atomic E-state index is 13.7. The monoisotopic (exact) mass is 788 g/mol. The smallest absolute Gasteiger partial charge is 0.410 e. The molecule has 5 N–H and O–H groups in total. The number of aliphatic hydroxyl groups is 1. The van der Waals surface area contributed by atoms with E-state index in [2.05, 4.69) is 20.0 Å². The van der Waals surface area contributed by atoms with Crippen molar-refractivity contribution in [2.45, 2.75) is 78.0 Å². The highest BCUT2D eigenvalue weighted by Crippen LogP contribution is 2.31. The SMILES string of the molecule is CC.CN(Cc1cccc(NC(=O)c2nc(-c3ccc(S(=O)NCC(=O)OC(C)(C)C)cc3)cnc2N)c1OCCOCCOCCO)C(=O)OC(C)(C)C. The maximum absolute atomic E-state index is 13.7. The van der Waals surface area contributed by atoms with Crippen LogP contribution < -0.4 is 20.5 Å². The van der Waals surface area contributed by atoms with Gasteiger partial charge in [0, 0.05) is 18.2 Å². The number of carbonyl (C=O) groups excluding carboxylic acids is 3. The fraction of sp³-hybridized carbons (Fsp3) is 0.500. The number of rotatable bonds is 18. The first-order valence-corrected chi connectivity index (χ1v) is 19.0. The summed E-state index contributed by atoms with van der Waals surface area (Å²) in [5.41, 5.74) is 6.35. The van der Waals surface area contributed by atoms with Crippen LogP contribution in [0.2, 0.25) is 0 Å². The third-order valence-corrected chi connectivity index (χ3v) is 7.79. The van der Waals surface area contributed by atoms with Crippen molar-refractivity contribution in [2.75, 3.05) is 64.3 Å². The van der Waals surface area contributed by atoms with Crippen molar-refractivity contribution >= 4 is 40.5 Å². The van der Waals surface area contributed by atoms with E-state index in [-0.39, 0.29) is 63.3 Å². The second-order valence-corrected chi connectivity index (χ2v) is 14.9. The van der Waals surface area contributed by atoms with Crippen LogP contribution in [0, 0.1) is 0 Å². The van der Waals surface area contributed by atoms with Crippen molar-refractivity contribution in [1.82, 2.24) is 19.6 Å². The molecule has 2 amide bonds. The number of nitrogen functional groups attached to an aromatic ring is 1. The molecule has 304 valence electrons. The number of hydrogen-bond acceptors (Lipinski definition) is 13. The summed E-state index contributed by atoms with van der Waals surface area (Å²) in [7, 11) is -0.102. The van der Waals surface area contributed by atoms with Crippen LogP contribution in [-0.2, 0) is 41.3 Å². The molecule has 2 aromatic carbocycles. The first-order valence-electron chi connectivity index (χ1n) is 17.8. The molecule has 0 aliphatic rings. The van der Waals surface area contributed by atoms with Crippen molar-refractivity contribution < 1.29 is 47.4 Å². The zero-order valence-electron chi connectivity index (χ0n) is 33.2. The molecule has 1 atom stereocenters. The van der Waals surface area contributed by atoms with E-state index in [0.29, 0.717) is 34.1 Å². The number of esters is 1. The van der Waals surface area contributed by atoms with Crippen LogP contribution in [-0.4, -0.2) is 107 Å². The summed E-state index contributed by atoms with van der Waals surface area (Å²) in [6.07, 6.45) is 0.871. The minimum Gasteiger partial charge on any atom is -0.489 e. The number of benzene rings is 2. The van der Waals surface area contributed by atoms with E-state index >= 15 is 0 Å². The van der Waals surface area contributed by atoms with Gasteiger partial charge in [0.1, 0.15) is 41.1 Å². The molecule has 1 aromatic heterocycles. The van der Waals surface area contributed by atoms with Crippen molar-refractivity contribution in [3.8, 4) is 17.0 Å². The molecular formula is C38H56N6O10S. The van der Waals surface area contributed by atoms with E-state index in [1.54, 1.807) is 91.1 Å². The highest BCUT2D eigenvalue weighted by Gasteiger charge is 2.23. The molecule has 1 unspecified atom stereocenters. The molecule has 0 aliphatic heterocycles. The molecule has 0 spiro atoms. The molecule has 17 heteroatoms. The Balaban J connectivity index is 0.00000514. The predicted molar refractivity (Wildman–Crippen MR) is 210 cm³/mol. The molecule has 3 aromatic rings. The van der Waals surface area contributed by atoms with E-state index in [1.807, 2.05) is 13.8 Å². The largest absolute Gasteiger partial charge is 0.489 e. The second-order valence-electron chi connectivity index (χ2n) is 13.6. The average molecular weight is 789 g/mol. The number of amides is 2. The van der Waals surface area contributed by atoms with Gasteiger partial charge in [0.2, 0.25) is 0 Å². The number of anilines is 2. The molecule has 0 bridgehead atoms. The summed E-state index contributed by atoms with van der Waals surface area (Å²) < 4.78 is 42.9. The van der Waals surface area contributed by atoms with Crippen molar-refractivity contribution in [3.63, 3.8) is 0 Å². The van der Waals surface area contributed by atoms with Crippen LogP contribution in [0.5, 0.6) is 5.75 Å². The predicted octanol–water partition coefficient (Wildman–Crippen LogP) is 4.73. The van der Waals surface area contributed by atoms with Gasteiger partial charge in [-0.25, -0.2) is 23.7 Å². The van der Waals surface area contributed by atoms with Gasteiger partial charge in [0.05, 0.1) is 62.1 Å². The Bertz CT molecular complexity index is 1710. The molecule has 55 heavy (non-hydrogen) atoms. The van der Waals surface area contributed by atoms with Crippen LogP contribution in [0.3, 0.4) is 0 Å². The van der Waals surface area contributed by atoms with Gasteiger partial charge in [-0.1, -0.05) is 38.1 Å². The van der Waals surface area contributed by atoms with Crippen LogP contribution in [0.4, 0.5) is 16.3 Å². The topological polar surface area (TPSA) is 214 Å². The van der Waals surface area contributed by atoms with E-state index in [0.717, 1.165) is 0 Å². The van der Waals surface area contributed by atoms with E-state index < -0.39 is 40.2 Å². The summed E-state index contributed by atoms with van der Waals surface area (Å²) in [5.74, 6) is -1.02. The van der Waals surface area contributed by atoms with Gasteiger partial charge in [-0.3, -0.25) is 9.59 Å². The van der Waals surface area contributed by atoms with Gasteiger partial charge in [-0.15, -0.1) is 0 Å². The van der Waals surface area contributed by atoms with Gasteiger partial charge in [0.15, 0.2) is 11.5 Å². The Morgan fingerprint density at radius 3 is 2.13 bits per heavy atom. The Labute approximate surface area is 326 Å². The molecule has 0 aliphatic carbocycles. The van der Waals surface area contributed by atoms with Crippen LogP contribution in [0.15, 0.2) is 53.6 Å². The lowest BCUT2D eigenvalue weighted by atomic mass is 10.1. The molecule has 0 fully saturated rings. The standard InChI is InChI=1S/C36H50N6O10S.C2H6/c1-35(2,3)51-29(44)22-39-53(47)26-13-11-24(12-14-26)28-21-38-32(37)30(40-28)33(45)41-27-10-8-9-25(23-42(7)34(46)52-36(4,5)6)31(27)50-20-19-49-18-17-48-16-15-43;1-2/h8-14,21,39,43H,15-20,22-23H2,1-7H3,(H2,37,38)(H,41,45);1-2H3. The van der Waals surface area contributed by atoms with Crippen LogP contribution >= 0.6 is 0 Å². The number of ether oxygens (including phenoxy) is 5. The molecule has 3 rings (SSSR count). The van der Waals surface area contributed by atoms with Gasteiger partial charge in [-0.05, 0) is 59.7 Å². The molecule has 1 heterocycles. The Morgan fingerprint density at radius 2 is 1.51 bits per heavy atom. The van der Waals surface area contributed by atoms with E-state index in [4.69, 9.17) is 34.5 Å². The second kappa shape index (κ2) is 22.6. The molecular weight excluding hydrogens is 733 g/mol. The number of nitrogens with zero attached hydrogens (tertiary/aromatic N) is 3. The lowest BCUT2D eigenvalue weighted by Gasteiger charge is -2.25. The number of nitrogens with one attached hydrogen (secondary N) is 2. The molecule has 0 saturated carbocycles. The third-order valence-electron chi connectivity index (χ3n) is 6.69. The van der Waals surface area contributed by atoms with Gasteiger partial charge < -0.3 is 44.7 Å². The summed E-state index contributed by atoms with van der Waals surface area (Å²) in [5, 5.41) is 11.7. The number of aromatic nitrogens is 2. The van der Waals surface area contributed by atoms with Crippen molar-refractivity contribution in [1.29, 1.82) is 0 Å². The summed E-state index contributed by atoms with van der Waals surface area (Å²) >= 11 is 0. The Morgan fingerprint density at radius 1 is 0.891 bits per heavy atom. The molecule has 0 radical (unpaired) electrons. The minimum atomic E-state index is -1.69. The Kier molecular flexibility index (Phi) is 19.1. The highest BCUT2D eigenvalue weighted by atomic mass is 32.2. The van der Waals surface area contributed by atoms with Crippen LogP contribution in [0.1, 0.15) is 71.4 Å². The fourth-order valence-corrected chi connectivity index (χ4v) is 5.25. The third kappa shape index (κ3) is 16.7. The first kappa shape index (κ1) is 46.5. The fourth-order valence-electron chi connectivity index (χ4n) is 4.45. The number of nitrogens with two attached hydrogens (primary N) is 1. The number of carbonyl (C=O) groups is 3. The average Bonchev–Trinajstić information content (AvgIpc) is 3.12. The number of aliphatic hydroxyl groups excluding tert-OH is 1. The molecule has 0 saturated heterocycles. The van der Waals surface area contributed by atoms with Gasteiger partial charge in [-0.2, -0.15) is 0 Å². The molecule has 16 nitrogen and oxygen atoms in total.